The van der Waals surface area contributed by atoms with Gasteiger partial charge in [0.2, 0.25) is 5.91 Å². The third-order valence-electron chi connectivity index (χ3n) is 15.5. The van der Waals surface area contributed by atoms with Crippen molar-refractivity contribution in [3.63, 3.8) is 0 Å². The van der Waals surface area contributed by atoms with Crippen LogP contribution in [0.15, 0.2) is 0 Å². The minimum atomic E-state index is -2.23. The largest absolute Gasteiger partial charge is 0.394 e. The topological polar surface area (TPSA) is 342 Å². The molecule has 0 spiro atoms. The van der Waals surface area contributed by atoms with Crippen molar-refractivity contribution in [2.45, 2.75) is 159 Å². The average molecular weight is 878 g/mol. The highest BCUT2D eigenvalue weighted by molar-refractivity contribution is 5.82. The van der Waals surface area contributed by atoms with Crippen LogP contribution >= 0.6 is 0 Å². The molecule has 4 rings (SSSR count). The smallest absolute Gasteiger partial charge is 0.254 e. The van der Waals surface area contributed by atoms with E-state index in [1.807, 2.05) is 0 Å². The second-order valence-electron chi connectivity index (χ2n) is 19.1. The molecule has 4 fully saturated rings. The van der Waals surface area contributed by atoms with Crippen LogP contribution in [0.5, 0.6) is 0 Å². The van der Waals surface area contributed by atoms with E-state index in [1.54, 1.807) is 0 Å². The van der Waals surface area contributed by atoms with Gasteiger partial charge in [0.15, 0.2) is 12.2 Å². The number of nitrogens with zero attached hydrogens (tertiary/aromatic N) is 1. The van der Waals surface area contributed by atoms with Gasteiger partial charge in [-0.1, -0.05) is 20.8 Å². The standard InChI is InChI=1S/C42H75N3O16/c1-21(24-7-8-25-32-26(18-30(52)42(24,25)3)41(2)11-10-23(48)16-22(41)17-27(32)49)6-9-31(53)43-12-4-14-45(40(61)38(59)36(57)34(55)29(51)20-47)15-5-13-44-39(60)37(58)35(56)33(54)28(50)19-46/h21-30,32-38,46-52,54-59H,4-20H2,1-3H3,(H,43,53)(H,44,60)/t21-,22+,23-,24-,25?,26?,27-,28-,29-,30+,32?,33-,34-,35+,36+,37-,38-,41+,42-/m1/s1. The predicted octanol–water partition coefficient (Wildman–Crippen LogP) is -3.92. The van der Waals surface area contributed by atoms with Crippen LogP contribution < -0.4 is 10.6 Å². The molecule has 0 aromatic rings. The Morgan fingerprint density at radius 2 is 1.30 bits per heavy atom. The summed E-state index contributed by atoms with van der Waals surface area (Å²) in [7, 11) is 0. The fraction of sp³-hybridized carbons (Fsp3) is 0.929. The van der Waals surface area contributed by atoms with Gasteiger partial charge >= 0.3 is 0 Å². The summed E-state index contributed by atoms with van der Waals surface area (Å²) < 4.78 is 0. The van der Waals surface area contributed by atoms with Gasteiger partial charge in [-0.2, -0.15) is 0 Å². The summed E-state index contributed by atoms with van der Waals surface area (Å²) in [5.74, 6) is -1.53. The zero-order valence-corrected chi connectivity index (χ0v) is 35.8. The molecule has 61 heavy (non-hydrogen) atoms. The average Bonchev–Trinajstić information content (AvgIpc) is 3.61. The van der Waals surface area contributed by atoms with Crippen LogP contribution in [0.4, 0.5) is 0 Å². The third-order valence-corrected chi connectivity index (χ3v) is 15.5. The van der Waals surface area contributed by atoms with Crippen LogP contribution in [0.25, 0.3) is 0 Å². The number of carbonyl (C=O) groups excluding carboxylic acids is 3. The minimum absolute atomic E-state index is 0.00301. The van der Waals surface area contributed by atoms with Crippen LogP contribution in [0.3, 0.4) is 0 Å². The van der Waals surface area contributed by atoms with Gasteiger partial charge < -0.3 is 81.9 Å². The second kappa shape index (κ2) is 22.2. The summed E-state index contributed by atoms with van der Waals surface area (Å²) in [5, 5.41) is 137. The highest BCUT2D eigenvalue weighted by Gasteiger charge is 2.65. The van der Waals surface area contributed by atoms with Gasteiger partial charge in [-0.25, -0.2) is 0 Å². The minimum Gasteiger partial charge on any atom is -0.394 e. The first-order valence-electron chi connectivity index (χ1n) is 22.2. The Morgan fingerprint density at radius 3 is 1.89 bits per heavy atom. The van der Waals surface area contributed by atoms with Gasteiger partial charge in [0.05, 0.1) is 31.5 Å². The van der Waals surface area contributed by atoms with Crippen molar-refractivity contribution in [3.05, 3.63) is 0 Å². The van der Waals surface area contributed by atoms with E-state index in [9.17, 15) is 70.6 Å². The Balaban J connectivity index is 1.29. The molecule has 0 heterocycles. The summed E-state index contributed by atoms with van der Waals surface area (Å²) in [5.41, 5.74) is -0.440. The number of carbonyl (C=O) groups is 3. The molecule has 0 radical (unpaired) electrons. The maximum atomic E-state index is 13.3. The zero-order valence-electron chi connectivity index (χ0n) is 35.8. The van der Waals surface area contributed by atoms with E-state index in [0.29, 0.717) is 25.7 Å². The number of hydrogen-bond acceptors (Lipinski definition) is 16. The molecule has 4 aliphatic carbocycles. The predicted molar refractivity (Wildman–Crippen MR) is 216 cm³/mol. The Morgan fingerprint density at radius 1 is 0.721 bits per heavy atom. The Bertz CT molecular complexity index is 1430. The quantitative estimate of drug-likeness (QED) is 0.0462. The lowest BCUT2D eigenvalue weighted by atomic mass is 9.43. The van der Waals surface area contributed by atoms with Gasteiger partial charge in [-0.3, -0.25) is 14.4 Å². The van der Waals surface area contributed by atoms with Crippen molar-refractivity contribution in [2.75, 3.05) is 39.4 Å². The van der Waals surface area contributed by atoms with Crippen molar-refractivity contribution >= 4 is 17.7 Å². The summed E-state index contributed by atoms with van der Waals surface area (Å²) in [6.45, 7) is 4.35. The Labute approximate surface area is 357 Å². The molecule has 0 bridgehead atoms. The van der Waals surface area contributed by atoms with Crippen molar-refractivity contribution in [1.29, 1.82) is 0 Å². The zero-order chi connectivity index (χ0) is 45.6. The van der Waals surface area contributed by atoms with E-state index < -0.39 is 91.5 Å². The van der Waals surface area contributed by atoms with Crippen LogP contribution in [0.2, 0.25) is 0 Å². The van der Waals surface area contributed by atoms with Crippen LogP contribution in [-0.4, -0.2) is 196 Å². The molecule has 15 N–H and O–H groups in total. The second-order valence-corrected chi connectivity index (χ2v) is 19.1. The normalized spacial score (nSPS) is 35.5. The molecule has 4 saturated carbocycles. The van der Waals surface area contributed by atoms with E-state index in [2.05, 4.69) is 31.4 Å². The number of rotatable bonds is 22. The Hall–Kier alpha value is -2.11. The molecule has 0 aliphatic heterocycles. The number of hydrogen-bond donors (Lipinski definition) is 15. The molecule has 0 aromatic carbocycles. The number of aliphatic hydroxyl groups excluding tert-OH is 13. The van der Waals surface area contributed by atoms with Gasteiger partial charge in [0.25, 0.3) is 11.8 Å². The summed E-state index contributed by atoms with van der Waals surface area (Å²) in [4.78, 5) is 39.8. The molecule has 3 unspecified atom stereocenters. The Kier molecular flexibility index (Phi) is 18.7. The van der Waals surface area contributed by atoms with Crippen molar-refractivity contribution in [2.24, 2.45) is 46.3 Å². The van der Waals surface area contributed by atoms with Crippen LogP contribution in [0, 0.1) is 46.3 Å². The van der Waals surface area contributed by atoms with Gasteiger partial charge in [0.1, 0.15) is 36.6 Å². The lowest BCUT2D eigenvalue weighted by molar-refractivity contribution is -0.207. The molecule has 354 valence electrons. The first-order valence-corrected chi connectivity index (χ1v) is 22.2. The molecular weight excluding hydrogens is 802 g/mol. The molecule has 3 amide bonds. The van der Waals surface area contributed by atoms with E-state index in [-0.39, 0.29) is 98.4 Å². The van der Waals surface area contributed by atoms with Gasteiger partial charge in [0, 0.05) is 32.6 Å². The lowest BCUT2D eigenvalue weighted by Gasteiger charge is -2.63. The van der Waals surface area contributed by atoms with E-state index >= 15 is 0 Å². The van der Waals surface area contributed by atoms with Crippen molar-refractivity contribution < 1.29 is 80.8 Å². The summed E-state index contributed by atoms with van der Waals surface area (Å²) >= 11 is 0. The van der Waals surface area contributed by atoms with E-state index in [1.165, 1.54) is 0 Å². The monoisotopic (exact) mass is 878 g/mol. The number of fused-ring (bicyclic) bond motifs is 5. The highest BCUT2D eigenvalue weighted by Crippen LogP contribution is 2.68. The van der Waals surface area contributed by atoms with E-state index in [4.69, 9.17) is 10.2 Å². The first-order chi connectivity index (χ1) is 28.6. The first kappa shape index (κ1) is 51.5. The summed E-state index contributed by atoms with van der Waals surface area (Å²) in [6, 6.07) is 0. The van der Waals surface area contributed by atoms with E-state index in [0.717, 1.165) is 30.6 Å². The number of aliphatic hydroxyl groups is 13. The molecule has 19 atom stereocenters. The maximum absolute atomic E-state index is 13.3. The molecule has 4 aliphatic rings. The maximum Gasteiger partial charge on any atom is 0.254 e. The van der Waals surface area contributed by atoms with Crippen molar-refractivity contribution in [3.8, 4) is 0 Å². The molecule has 0 aromatic heterocycles. The van der Waals surface area contributed by atoms with Gasteiger partial charge in [-0.05, 0) is 111 Å². The molecular formula is C42H75N3O16. The lowest BCUT2D eigenvalue weighted by Crippen LogP contribution is -2.62. The fourth-order valence-corrected chi connectivity index (χ4v) is 11.7. The van der Waals surface area contributed by atoms with Gasteiger partial charge in [-0.15, -0.1) is 0 Å². The van der Waals surface area contributed by atoms with Crippen LogP contribution in [0.1, 0.15) is 91.4 Å². The molecule has 0 saturated heterocycles. The molecule has 19 nitrogen and oxygen atoms in total. The van der Waals surface area contributed by atoms with Crippen LogP contribution in [-0.2, 0) is 14.4 Å². The van der Waals surface area contributed by atoms with Crippen molar-refractivity contribution in [1.82, 2.24) is 15.5 Å². The molecule has 19 heteroatoms. The highest BCUT2D eigenvalue weighted by atomic mass is 16.4. The fourth-order valence-electron chi connectivity index (χ4n) is 11.7. The SMILES string of the molecule is C[C@H](CCC(=O)NCCCN(CCCNC(=O)[C@H](O)[C@@H](O)[C@H](O)[C@H](O)CO)C(=O)[C@H](O)[C@@H](O)[C@H](O)[C@H](O)CO)[C@H]1CCC2C3C(C[C@H](O)[C@@]21C)[C@@]1(C)CC[C@@H](O)C[C@H]1C[C@H]3O. The summed E-state index contributed by atoms with van der Waals surface area (Å²) in [6.07, 6.45) is -11.5. The third kappa shape index (κ3) is 11.4. The number of amides is 3. The number of nitrogens with one attached hydrogen (secondary N) is 2.